The van der Waals surface area contributed by atoms with E-state index in [0.29, 0.717) is 5.78 Å². The zero-order valence-electron chi connectivity index (χ0n) is 11.8. The fraction of sp³-hybridized carbons (Fsp3) is 0.706. The SMILES string of the molecule is O=C1[C@H]2CCC[C@@H]1[C@H](c1ccco1)[C@H]1CCCC[C@]21O. The molecule has 0 spiro atoms. The Morgan fingerprint density at radius 1 is 1.20 bits per heavy atom. The van der Waals surface area contributed by atoms with Crippen LogP contribution in [0.1, 0.15) is 56.6 Å². The Balaban J connectivity index is 1.82. The minimum absolute atomic E-state index is 0.0725. The lowest BCUT2D eigenvalue weighted by molar-refractivity contribution is -0.174. The number of fused-ring (bicyclic) bond motifs is 4. The van der Waals surface area contributed by atoms with Crippen LogP contribution < -0.4 is 0 Å². The van der Waals surface area contributed by atoms with Crippen molar-refractivity contribution in [2.75, 3.05) is 0 Å². The van der Waals surface area contributed by atoms with Gasteiger partial charge in [-0.3, -0.25) is 4.79 Å². The quantitative estimate of drug-likeness (QED) is 0.855. The van der Waals surface area contributed by atoms with Crippen molar-refractivity contribution < 1.29 is 14.3 Å². The Morgan fingerprint density at radius 3 is 2.90 bits per heavy atom. The maximum absolute atomic E-state index is 12.8. The van der Waals surface area contributed by atoms with E-state index in [0.717, 1.165) is 50.7 Å². The molecule has 3 aliphatic rings. The molecule has 0 saturated heterocycles. The molecule has 5 atom stereocenters. The van der Waals surface area contributed by atoms with Gasteiger partial charge in [-0.1, -0.05) is 19.3 Å². The van der Waals surface area contributed by atoms with E-state index in [4.69, 9.17) is 4.42 Å². The van der Waals surface area contributed by atoms with Crippen LogP contribution >= 0.6 is 0 Å². The molecule has 0 aliphatic heterocycles. The molecular formula is C17H22O3. The maximum atomic E-state index is 12.8. The molecule has 0 amide bonds. The van der Waals surface area contributed by atoms with Gasteiger partial charge in [-0.15, -0.1) is 0 Å². The zero-order valence-corrected chi connectivity index (χ0v) is 11.8. The van der Waals surface area contributed by atoms with Crippen molar-refractivity contribution in [1.29, 1.82) is 0 Å². The van der Waals surface area contributed by atoms with Gasteiger partial charge in [0.05, 0.1) is 11.9 Å². The first-order valence-corrected chi connectivity index (χ1v) is 8.01. The highest BCUT2D eigenvalue weighted by Gasteiger charge is 2.60. The molecule has 0 radical (unpaired) electrons. The molecule has 3 nitrogen and oxygen atoms in total. The zero-order chi connectivity index (χ0) is 13.7. The van der Waals surface area contributed by atoms with Crippen molar-refractivity contribution in [2.24, 2.45) is 17.8 Å². The summed E-state index contributed by atoms with van der Waals surface area (Å²) < 4.78 is 5.64. The minimum atomic E-state index is -0.774. The smallest absolute Gasteiger partial charge is 0.142 e. The first kappa shape index (κ1) is 12.6. The first-order chi connectivity index (χ1) is 9.72. The molecule has 1 N–H and O–H groups in total. The molecule has 1 heterocycles. The summed E-state index contributed by atoms with van der Waals surface area (Å²) >= 11 is 0. The number of hydrogen-bond acceptors (Lipinski definition) is 3. The van der Waals surface area contributed by atoms with Gasteiger partial charge in [-0.2, -0.15) is 0 Å². The summed E-state index contributed by atoms with van der Waals surface area (Å²) in [6, 6.07) is 3.89. The largest absolute Gasteiger partial charge is 0.469 e. The van der Waals surface area contributed by atoms with E-state index in [2.05, 4.69) is 0 Å². The van der Waals surface area contributed by atoms with Gasteiger partial charge in [0, 0.05) is 17.8 Å². The van der Waals surface area contributed by atoms with Crippen molar-refractivity contribution in [2.45, 2.75) is 56.5 Å². The van der Waals surface area contributed by atoms with Crippen LogP contribution in [0.25, 0.3) is 0 Å². The predicted molar refractivity (Wildman–Crippen MR) is 74.2 cm³/mol. The Morgan fingerprint density at radius 2 is 2.10 bits per heavy atom. The third kappa shape index (κ3) is 1.59. The van der Waals surface area contributed by atoms with Gasteiger partial charge >= 0.3 is 0 Å². The third-order valence-corrected chi connectivity index (χ3v) is 6.04. The normalized spacial score (nSPS) is 44.1. The van der Waals surface area contributed by atoms with Gasteiger partial charge in [0.15, 0.2) is 0 Å². The lowest BCUT2D eigenvalue weighted by Gasteiger charge is -2.55. The predicted octanol–water partition coefficient (Wildman–Crippen LogP) is 3.28. The van der Waals surface area contributed by atoms with Crippen LogP contribution in [0.15, 0.2) is 22.8 Å². The second kappa shape index (κ2) is 4.45. The van der Waals surface area contributed by atoms with Gasteiger partial charge in [-0.05, 0) is 43.7 Å². The molecule has 3 aliphatic carbocycles. The first-order valence-electron chi connectivity index (χ1n) is 8.01. The van der Waals surface area contributed by atoms with Crippen LogP contribution in [-0.2, 0) is 4.79 Å². The molecule has 108 valence electrons. The van der Waals surface area contributed by atoms with Gasteiger partial charge in [0.25, 0.3) is 0 Å². The second-order valence-electron chi connectivity index (χ2n) is 6.88. The highest BCUT2D eigenvalue weighted by Crippen LogP contribution is 2.58. The molecule has 3 saturated carbocycles. The number of furan rings is 1. The number of carbonyl (C=O) groups excluding carboxylic acids is 1. The second-order valence-corrected chi connectivity index (χ2v) is 6.88. The van der Waals surface area contributed by atoms with Crippen molar-refractivity contribution in [3.05, 3.63) is 24.2 Å². The molecule has 0 aromatic carbocycles. The highest BCUT2D eigenvalue weighted by molar-refractivity contribution is 5.87. The lowest BCUT2D eigenvalue weighted by Crippen LogP contribution is -2.60. The summed E-state index contributed by atoms with van der Waals surface area (Å²) in [6.45, 7) is 0. The standard InChI is InChI=1S/C17H22O3/c18-16-11-5-3-7-13(16)17(19)9-2-1-6-12(17)15(11)14-8-4-10-20-14/h4,8,10-13,15,19H,1-3,5-7,9H2/t11-,12-,13-,15+,17-/m1/s1. The maximum Gasteiger partial charge on any atom is 0.142 e. The number of rotatable bonds is 1. The summed E-state index contributed by atoms with van der Waals surface area (Å²) in [5.74, 6) is 1.48. The average molecular weight is 274 g/mol. The van der Waals surface area contributed by atoms with Crippen molar-refractivity contribution in [1.82, 2.24) is 0 Å². The van der Waals surface area contributed by atoms with E-state index < -0.39 is 5.60 Å². The fourth-order valence-electron chi connectivity index (χ4n) is 5.23. The summed E-state index contributed by atoms with van der Waals surface area (Å²) in [4.78, 5) is 12.8. The van der Waals surface area contributed by atoms with E-state index in [1.165, 1.54) is 0 Å². The Kier molecular flexibility index (Phi) is 2.81. The van der Waals surface area contributed by atoms with Crippen LogP contribution in [0.5, 0.6) is 0 Å². The number of aliphatic hydroxyl groups is 1. The molecular weight excluding hydrogens is 252 g/mol. The molecule has 0 unspecified atom stereocenters. The van der Waals surface area contributed by atoms with Crippen LogP contribution in [0, 0.1) is 17.8 Å². The van der Waals surface area contributed by atoms with Crippen LogP contribution in [-0.4, -0.2) is 16.5 Å². The summed E-state index contributed by atoms with van der Waals surface area (Å²) in [5.41, 5.74) is -0.774. The van der Waals surface area contributed by atoms with Crippen LogP contribution in [0.3, 0.4) is 0 Å². The molecule has 3 fully saturated rings. The Labute approximate surface area is 119 Å². The number of hydrogen-bond donors (Lipinski definition) is 1. The highest BCUT2D eigenvalue weighted by atomic mass is 16.3. The van der Waals surface area contributed by atoms with Gasteiger partial charge in [0.2, 0.25) is 0 Å². The summed E-state index contributed by atoms with van der Waals surface area (Å²) in [6.07, 6.45) is 8.63. The van der Waals surface area contributed by atoms with Crippen molar-refractivity contribution >= 4 is 5.78 Å². The summed E-state index contributed by atoms with van der Waals surface area (Å²) in [5, 5.41) is 11.3. The number of carbonyl (C=O) groups is 1. The Bertz CT molecular complexity index is 506. The average Bonchev–Trinajstić information content (AvgIpc) is 2.95. The van der Waals surface area contributed by atoms with E-state index in [-0.39, 0.29) is 23.7 Å². The van der Waals surface area contributed by atoms with Crippen molar-refractivity contribution in [3.8, 4) is 0 Å². The Hall–Kier alpha value is -1.09. The van der Waals surface area contributed by atoms with E-state index in [1.807, 2.05) is 12.1 Å². The molecule has 4 rings (SSSR count). The topological polar surface area (TPSA) is 50.4 Å². The van der Waals surface area contributed by atoms with E-state index in [9.17, 15) is 9.90 Å². The lowest BCUT2D eigenvalue weighted by atomic mass is 9.50. The van der Waals surface area contributed by atoms with Crippen LogP contribution in [0.4, 0.5) is 0 Å². The van der Waals surface area contributed by atoms with Gasteiger partial charge in [-0.25, -0.2) is 0 Å². The minimum Gasteiger partial charge on any atom is -0.469 e. The number of ketones is 1. The van der Waals surface area contributed by atoms with Crippen LogP contribution in [0.2, 0.25) is 0 Å². The molecule has 3 heteroatoms. The number of Topliss-reactive ketones (excluding diaryl/α,β-unsaturated/α-hetero) is 1. The van der Waals surface area contributed by atoms with Gasteiger partial charge in [0.1, 0.15) is 11.5 Å². The molecule has 1 aromatic heterocycles. The molecule has 20 heavy (non-hydrogen) atoms. The third-order valence-electron chi connectivity index (χ3n) is 6.04. The van der Waals surface area contributed by atoms with E-state index >= 15 is 0 Å². The molecule has 1 aromatic rings. The summed E-state index contributed by atoms with van der Waals surface area (Å²) in [7, 11) is 0. The van der Waals surface area contributed by atoms with Gasteiger partial charge < -0.3 is 9.52 Å². The monoisotopic (exact) mass is 274 g/mol. The molecule has 2 bridgehead atoms. The van der Waals surface area contributed by atoms with E-state index in [1.54, 1.807) is 6.26 Å². The fourth-order valence-corrected chi connectivity index (χ4v) is 5.23. The van der Waals surface area contributed by atoms with Crippen molar-refractivity contribution in [3.63, 3.8) is 0 Å².